The second-order valence-corrected chi connectivity index (χ2v) is 7.22. The van der Waals surface area contributed by atoms with E-state index in [1.54, 1.807) is 0 Å². The van der Waals surface area contributed by atoms with Gasteiger partial charge < -0.3 is 9.80 Å². The first-order chi connectivity index (χ1) is 14.6. The van der Waals surface area contributed by atoms with E-state index >= 15 is 0 Å². The molecule has 0 saturated carbocycles. The highest BCUT2D eigenvalue weighted by Crippen LogP contribution is 2.31. The van der Waals surface area contributed by atoms with Crippen LogP contribution in [0.2, 0.25) is 0 Å². The van der Waals surface area contributed by atoms with Crippen molar-refractivity contribution in [3.63, 3.8) is 0 Å². The van der Waals surface area contributed by atoms with Crippen LogP contribution >= 0.6 is 0 Å². The highest BCUT2D eigenvalue weighted by atomic mass is 15.2. The summed E-state index contributed by atoms with van der Waals surface area (Å²) >= 11 is 0. The lowest BCUT2D eigenvalue weighted by atomic mass is 10.0. The Kier molecular flexibility index (Phi) is 7.39. The predicted octanol–water partition coefficient (Wildman–Crippen LogP) is 5.46. The van der Waals surface area contributed by atoms with Crippen molar-refractivity contribution >= 4 is 11.4 Å². The van der Waals surface area contributed by atoms with E-state index in [2.05, 4.69) is 103 Å². The van der Waals surface area contributed by atoms with Crippen LogP contribution in [-0.4, -0.2) is 41.4 Å². The SMILES string of the molecule is CCc1nnc(-c2ccc(N(CC)CC)cc2)c(-c2ccc(N(CC)CC)cc2)n1. The zero-order valence-corrected chi connectivity index (χ0v) is 18.9. The van der Waals surface area contributed by atoms with Crippen LogP contribution in [0.5, 0.6) is 0 Å². The van der Waals surface area contributed by atoms with E-state index in [1.165, 1.54) is 11.4 Å². The smallest absolute Gasteiger partial charge is 0.151 e. The molecule has 0 aliphatic carbocycles. The van der Waals surface area contributed by atoms with Gasteiger partial charge in [0.15, 0.2) is 5.82 Å². The molecule has 0 fully saturated rings. The first-order valence-corrected chi connectivity index (χ1v) is 11.1. The molecule has 0 amide bonds. The Morgan fingerprint density at radius 1 is 0.567 bits per heavy atom. The summed E-state index contributed by atoms with van der Waals surface area (Å²) in [6, 6.07) is 17.2. The molecule has 2 aromatic carbocycles. The fourth-order valence-electron chi connectivity index (χ4n) is 3.74. The van der Waals surface area contributed by atoms with E-state index in [1.807, 2.05) is 0 Å². The van der Waals surface area contributed by atoms with E-state index in [0.29, 0.717) is 0 Å². The zero-order chi connectivity index (χ0) is 21.5. The van der Waals surface area contributed by atoms with Crippen LogP contribution in [-0.2, 0) is 6.42 Å². The summed E-state index contributed by atoms with van der Waals surface area (Å²) in [6.07, 6.45) is 0.763. The average molecular weight is 404 g/mol. The van der Waals surface area contributed by atoms with Crippen LogP contribution < -0.4 is 9.80 Å². The van der Waals surface area contributed by atoms with E-state index in [9.17, 15) is 0 Å². The maximum atomic E-state index is 4.84. The third-order valence-electron chi connectivity index (χ3n) is 5.59. The first kappa shape index (κ1) is 21.8. The summed E-state index contributed by atoms with van der Waals surface area (Å²) in [5.41, 5.74) is 6.28. The van der Waals surface area contributed by atoms with Crippen LogP contribution in [0, 0.1) is 0 Å². The molecule has 0 atom stereocenters. The van der Waals surface area contributed by atoms with E-state index < -0.39 is 0 Å². The maximum absolute atomic E-state index is 4.84. The summed E-state index contributed by atoms with van der Waals surface area (Å²) in [5.74, 6) is 0.765. The van der Waals surface area contributed by atoms with Crippen molar-refractivity contribution in [2.45, 2.75) is 41.0 Å². The standard InChI is InChI=1S/C25H33N5/c1-6-23-26-24(19-11-15-21(16-12-19)29(7-2)8-3)25(28-27-23)20-13-17-22(18-14-20)30(9-4)10-5/h11-18H,6-10H2,1-5H3. The summed E-state index contributed by atoms with van der Waals surface area (Å²) in [6.45, 7) is 14.7. The molecule has 30 heavy (non-hydrogen) atoms. The van der Waals surface area contributed by atoms with Crippen molar-refractivity contribution in [2.24, 2.45) is 0 Å². The summed E-state index contributed by atoms with van der Waals surface area (Å²) in [5, 5.41) is 8.91. The molecular weight excluding hydrogens is 370 g/mol. The lowest BCUT2D eigenvalue weighted by molar-refractivity contribution is 0.855. The van der Waals surface area contributed by atoms with E-state index in [4.69, 9.17) is 4.98 Å². The molecule has 5 heteroatoms. The Morgan fingerprint density at radius 2 is 1.00 bits per heavy atom. The zero-order valence-electron chi connectivity index (χ0n) is 18.9. The van der Waals surface area contributed by atoms with Crippen molar-refractivity contribution < 1.29 is 0 Å². The minimum absolute atomic E-state index is 0.763. The van der Waals surface area contributed by atoms with Crippen LogP contribution in [0.4, 0.5) is 11.4 Å². The molecule has 0 radical (unpaired) electrons. The topological polar surface area (TPSA) is 45.2 Å². The molecule has 1 aromatic heterocycles. The molecule has 0 unspecified atom stereocenters. The number of aromatic nitrogens is 3. The monoisotopic (exact) mass is 403 g/mol. The third-order valence-corrected chi connectivity index (χ3v) is 5.59. The fourth-order valence-corrected chi connectivity index (χ4v) is 3.74. The van der Waals surface area contributed by atoms with Gasteiger partial charge in [0, 0.05) is 55.1 Å². The Hall–Kier alpha value is -2.95. The number of aryl methyl sites for hydroxylation is 1. The molecule has 158 valence electrons. The van der Waals surface area contributed by atoms with Crippen LogP contribution in [0.3, 0.4) is 0 Å². The van der Waals surface area contributed by atoms with Gasteiger partial charge in [0.2, 0.25) is 0 Å². The maximum Gasteiger partial charge on any atom is 0.151 e. The van der Waals surface area contributed by atoms with Crippen LogP contribution in [0.15, 0.2) is 48.5 Å². The van der Waals surface area contributed by atoms with Crippen molar-refractivity contribution in [1.29, 1.82) is 0 Å². The molecule has 0 spiro atoms. The summed E-state index contributed by atoms with van der Waals surface area (Å²) in [7, 11) is 0. The number of nitrogens with zero attached hydrogens (tertiary/aromatic N) is 5. The number of hydrogen-bond acceptors (Lipinski definition) is 5. The molecular formula is C25H33N5. The molecule has 0 bridgehead atoms. The van der Waals surface area contributed by atoms with Gasteiger partial charge in [0.05, 0.1) is 0 Å². The minimum Gasteiger partial charge on any atom is -0.372 e. The van der Waals surface area contributed by atoms with Gasteiger partial charge in [-0.2, -0.15) is 0 Å². The summed E-state index contributed by atoms with van der Waals surface area (Å²) in [4.78, 5) is 9.52. The Labute approximate surface area is 180 Å². The lowest BCUT2D eigenvalue weighted by Gasteiger charge is -2.21. The summed E-state index contributed by atoms with van der Waals surface area (Å²) < 4.78 is 0. The van der Waals surface area contributed by atoms with Gasteiger partial charge in [-0.05, 0) is 52.0 Å². The minimum atomic E-state index is 0.763. The van der Waals surface area contributed by atoms with Gasteiger partial charge in [-0.1, -0.05) is 31.2 Å². The molecule has 3 rings (SSSR count). The van der Waals surface area contributed by atoms with Gasteiger partial charge in [0.1, 0.15) is 11.4 Å². The van der Waals surface area contributed by atoms with E-state index in [0.717, 1.165) is 60.9 Å². The number of hydrogen-bond donors (Lipinski definition) is 0. The normalized spacial score (nSPS) is 10.8. The second kappa shape index (κ2) is 10.2. The van der Waals surface area contributed by atoms with Crippen LogP contribution in [0.1, 0.15) is 40.4 Å². The van der Waals surface area contributed by atoms with Crippen molar-refractivity contribution in [3.05, 3.63) is 54.4 Å². The predicted molar refractivity (Wildman–Crippen MR) is 127 cm³/mol. The molecule has 0 saturated heterocycles. The van der Waals surface area contributed by atoms with Gasteiger partial charge in [0.25, 0.3) is 0 Å². The highest BCUT2D eigenvalue weighted by molar-refractivity contribution is 5.79. The molecule has 3 aromatic rings. The van der Waals surface area contributed by atoms with E-state index in [-0.39, 0.29) is 0 Å². The Morgan fingerprint density at radius 3 is 1.40 bits per heavy atom. The number of rotatable bonds is 9. The largest absolute Gasteiger partial charge is 0.372 e. The van der Waals surface area contributed by atoms with Crippen molar-refractivity contribution in [2.75, 3.05) is 36.0 Å². The molecule has 0 aliphatic heterocycles. The lowest BCUT2D eigenvalue weighted by Crippen LogP contribution is -2.21. The Bertz CT molecular complexity index is 927. The molecule has 0 N–H and O–H groups in total. The fraction of sp³-hybridized carbons (Fsp3) is 0.400. The van der Waals surface area contributed by atoms with Crippen molar-refractivity contribution in [3.8, 4) is 22.5 Å². The van der Waals surface area contributed by atoms with Gasteiger partial charge in [-0.3, -0.25) is 0 Å². The third kappa shape index (κ3) is 4.61. The van der Waals surface area contributed by atoms with Crippen LogP contribution in [0.25, 0.3) is 22.5 Å². The molecule has 1 heterocycles. The van der Waals surface area contributed by atoms with Gasteiger partial charge in [-0.15, -0.1) is 10.2 Å². The quantitative estimate of drug-likeness (QED) is 0.475. The first-order valence-electron chi connectivity index (χ1n) is 11.1. The molecule has 0 aliphatic rings. The van der Waals surface area contributed by atoms with Gasteiger partial charge in [-0.25, -0.2) is 4.98 Å². The highest BCUT2D eigenvalue weighted by Gasteiger charge is 2.14. The van der Waals surface area contributed by atoms with Gasteiger partial charge >= 0.3 is 0 Å². The Balaban J connectivity index is 2.01. The number of anilines is 2. The second-order valence-electron chi connectivity index (χ2n) is 7.22. The molecule has 5 nitrogen and oxygen atoms in total. The average Bonchev–Trinajstić information content (AvgIpc) is 2.81. The van der Waals surface area contributed by atoms with Crippen molar-refractivity contribution in [1.82, 2.24) is 15.2 Å². The number of benzene rings is 2.